The van der Waals surface area contributed by atoms with Crippen LogP contribution in [0.2, 0.25) is 0 Å². The lowest BCUT2D eigenvalue weighted by Crippen LogP contribution is -2.29. The summed E-state index contributed by atoms with van der Waals surface area (Å²) in [4.78, 5) is 22.8. The number of carbonyl (C=O) groups is 1. The molecule has 0 amide bonds. The van der Waals surface area contributed by atoms with Crippen molar-refractivity contribution >= 4 is 5.78 Å². The zero-order valence-electron chi connectivity index (χ0n) is 8.65. The third-order valence-electron chi connectivity index (χ3n) is 2.14. The Balaban J connectivity index is 3.08. The lowest BCUT2D eigenvalue weighted by molar-refractivity contribution is -0.121. The minimum Gasteiger partial charge on any atom is -0.297 e. The number of aryl methyl sites for hydroxylation is 1. The highest BCUT2D eigenvalue weighted by atomic mass is 16.1. The average Bonchev–Trinajstić information content (AvgIpc) is 2.15. The normalized spacial score (nSPS) is 12.5. The van der Waals surface area contributed by atoms with Crippen LogP contribution in [0.15, 0.2) is 17.1 Å². The number of aromatic nitrogens is 2. The zero-order valence-corrected chi connectivity index (χ0v) is 8.65. The van der Waals surface area contributed by atoms with Crippen molar-refractivity contribution in [1.29, 1.82) is 0 Å². The van der Waals surface area contributed by atoms with E-state index in [4.69, 9.17) is 0 Å². The molecule has 0 saturated heterocycles. The van der Waals surface area contributed by atoms with Crippen molar-refractivity contribution in [3.8, 4) is 0 Å². The quantitative estimate of drug-likeness (QED) is 0.723. The van der Waals surface area contributed by atoms with Crippen LogP contribution in [-0.4, -0.2) is 15.6 Å². The van der Waals surface area contributed by atoms with Crippen LogP contribution < -0.4 is 5.56 Å². The van der Waals surface area contributed by atoms with Gasteiger partial charge in [0.05, 0.1) is 6.20 Å². The van der Waals surface area contributed by atoms with E-state index in [1.165, 1.54) is 10.7 Å². The molecular weight excluding hydrogens is 180 g/mol. The number of carbonyl (C=O) groups excluding carboxylic acids is 1. The largest absolute Gasteiger partial charge is 0.297 e. The molecule has 14 heavy (non-hydrogen) atoms. The van der Waals surface area contributed by atoms with E-state index in [0.29, 0.717) is 6.42 Å². The van der Waals surface area contributed by atoms with E-state index in [1.54, 1.807) is 27.0 Å². The summed E-state index contributed by atoms with van der Waals surface area (Å²) in [5.74, 6) is 0.0171. The SMILES string of the molecule is CCC(=O)C(C)n1ncc(C)cc1=O. The first kappa shape index (κ1) is 10.6. The molecule has 0 aliphatic heterocycles. The second-order valence-corrected chi connectivity index (χ2v) is 3.31. The maximum absolute atomic E-state index is 11.5. The molecule has 0 bridgehead atoms. The first-order valence-electron chi connectivity index (χ1n) is 4.64. The number of rotatable bonds is 3. The molecule has 0 saturated carbocycles. The molecular formula is C10H14N2O2. The first-order chi connectivity index (χ1) is 6.56. The summed E-state index contributed by atoms with van der Waals surface area (Å²) in [6, 6.07) is 1.01. The highest BCUT2D eigenvalue weighted by Crippen LogP contribution is 2.04. The molecule has 1 atom stereocenters. The van der Waals surface area contributed by atoms with Gasteiger partial charge in [-0.25, -0.2) is 4.68 Å². The first-order valence-corrected chi connectivity index (χ1v) is 4.64. The van der Waals surface area contributed by atoms with Crippen molar-refractivity contribution in [1.82, 2.24) is 9.78 Å². The van der Waals surface area contributed by atoms with Crippen LogP contribution in [0, 0.1) is 6.92 Å². The second kappa shape index (κ2) is 4.17. The minimum atomic E-state index is -0.465. The van der Waals surface area contributed by atoms with E-state index >= 15 is 0 Å². The van der Waals surface area contributed by atoms with Gasteiger partial charge < -0.3 is 0 Å². The maximum Gasteiger partial charge on any atom is 0.267 e. The van der Waals surface area contributed by atoms with Gasteiger partial charge in [0.25, 0.3) is 5.56 Å². The standard InChI is InChI=1S/C10H14N2O2/c1-4-9(13)8(3)12-10(14)5-7(2)6-11-12/h5-6,8H,4H2,1-3H3. The van der Waals surface area contributed by atoms with Crippen LogP contribution >= 0.6 is 0 Å². The number of nitrogens with zero attached hydrogens (tertiary/aromatic N) is 2. The Labute approximate surface area is 82.6 Å². The van der Waals surface area contributed by atoms with E-state index in [2.05, 4.69) is 5.10 Å². The smallest absolute Gasteiger partial charge is 0.267 e. The number of hydrogen-bond acceptors (Lipinski definition) is 3. The molecule has 4 heteroatoms. The number of Topliss-reactive ketones (excluding diaryl/α,β-unsaturated/α-hetero) is 1. The Morgan fingerprint density at radius 2 is 2.29 bits per heavy atom. The van der Waals surface area contributed by atoms with E-state index < -0.39 is 6.04 Å². The average molecular weight is 194 g/mol. The second-order valence-electron chi connectivity index (χ2n) is 3.31. The van der Waals surface area contributed by atoms with Crippen molar-refractivity contribution in [2.24, 2.45) is 0 Å². The van der Waals surface area contributed by atoms with Crippen molar-refractivity contribution in [3.63, 3.8) is 0 Å². The molecule has 0 spiro atoms. The molecule has 1 aromatic rings. The third-order valence-corrected chi connectivity index (χ3v) is 2.14. The molecule has 0 aliphatic carbocycles. The fourth-order valence-electron chi connectivity index (χ4n) is 1.23. The molecule has 0 aromatic carbocycles. The van der Waals surface area contributed by atoms with E-state index in [0.717, 1.165) is 5.56 Å². The summed E-state index contributed by atoms with van der Waals surface area (Å²) >= 11 is 0. The lowest BCUT2D eigenvalue weighted by atomic mass is 10.2. The van der Waals surface area contributed by atoms with Gasteiger partial charge >= 0.3 is 0 Å². The summed E-state index contributed by atoms with van der Waals surface area (Å²) in [5, 5.41) is 3.93. The van der Waals surface area contributed by atoms with Gasteiger partial charge in [0, 0.05) is 12.5 Å². The maximum atomic E-state index is 11.5. The summed E-state index contributed by atoms with van der Waals surface area (Å²) in [7, 11) is 0. The molecule has 0 N–H and O–H groups in total. The van der Waals surface area contributed by atoms with Crippen molar-refractivity contribution in [3.05, 3.63) is 28.2 Å². The van der Waals surface area contributed by atoms with E-state index in [-0.39, 0.29) is 11.3 Å². The molecule has 1 aromatic heterocycles. The van der Waals surface area contributed by atoms with Gasteiger partial charge in [0.1, 0.15) is 6.04 Å². The van der Waals surface area contributed by atoms with Crippen molar-refractivity contribution < 1.29 is 4.79 Å². The molecule has 0 radical (unpaired) electrons. The van der Waals surface area contributed by atoms with Crippen LogP contribution in [0.4, 0.5) is 0 Å². The molecule has 1 heterocycles. The Morgan fingerprint density at radius 3 is 2.79 bits per heavy atom. The van der Waals surface area contributed by atoms with Gasteiger partial charge in [0.2, 0.25) is 0 Å². The number of ketones is 1. The molecule has 0 fully saturated rings. The molecule has 1 unspecified atom stereocenters. The highest BCUT2D eigenvalue weighted by Gasteiger charge is 2.14. The molecule has 76 valence electrons. The van der Waals surface area contributed by atoms with E-state index in [1.807, 2.05) is 0 Å². The molecule has 4 nitrogen and oxygen atoms in total. The van der Waals surface area contributed by atoms with Crippen LogP contribution in [0.1, 0.15) is 31.9 Å². The fourth-order valence-corrected chi connectivity index (χ4v) is 1.23. The van der Waals surface area contributed by atoms with Gasteiger partial charge in [-0.1, -0.05) is 6.92 Å². The van der Waals surface area contributed by atoms with Gasteiger partial charge in [-0.05, 0) is 19.4 Å². The third kappa shape index (κ3) is 2.07. The topological polar surface area (TPSA) is 52.0 Å². The highest BCUT2D eigenvalue weighted by molar-refractivity contribution is 5.81. The minimum absolute atomic E-state index is 0.0171. The Kier molecular flexibility index (Phi) is 3.17. The van der Waals surface area contributed by atoms with Crippen LogP contribution in [0.3, 0.4) is 0 Å². The zero-order chi connectivity index (χ0) is 10.7. The summed E-state index contributed by atoms with van der Waals surface area (Å²) in [6.45, 7) is 5.26. The van der Waals surface area contributed by atoms with Gasteiger partial charge in [-0.3, -0.25) is 9.59 Å². The van der Waals surface area contributed by atoms with E-state index in [9.17, 15) is 9.59 Å². The Morgan fingerprint density at radius 1 is 1.64 bits per heavy atom. The molecule has 1 rings (SSSR count). The monoisotopic (exact) mass is 194 g/mol. The van der Waals surface area contributed by atoms with Gasteiger partial charge in [0.15, 0.2) is 5.78 Å². The van der Waals surface area contributed by atoms with Crippen molar-refractivity contribution in [2.75, 3.05) is 0 Å². The Hall–Kier alpha value is -1.45. The lowest BCUT2D eigenvalue weighted by Gasteiger charge is -2.10. The summed E-state index contributed by atoms with van der Waals surface area (Å²) < 4.78 is 1.22. The Bertz CT molecular complexity index is 395. The van der Waals surface area contributed by atoms with Crippen LogP contribution in [0.5, 0.6) is 0 Å². The number of hydrogen-bond donors (Lipinski definition) is 0. The van der Waals surface area contributed by atoms with Crippen LogP contribution in [0.25, 0.3) is 0 Å². The summed E-state index contributed by atoms with van der Waals surface area (Å²) in [6.07, 6.45) is 2.00. The van der Waals surface area contributed by atoms with Gasteiger partial charge in [-0.2, -0.15) is 5.10 Å². The molecule has 0 aliphatic rings. The predicted molar refractivity (Wildman–Crippen MR) is 53.2 cm³/mol. The van der Waals surface area contributed by atoms with Gasteiger partial charge in [-0.15, -0.1) is 0 Å². The van der Waals surface area contributed by atoms with Crippen molar-refractivity contribution in [2.45, 2.75) is 33.2 Å². The fraction of sp³-hybridized carbons (Fsp3) is 0.500. The predicted octanol–water partition coefficient (Wildman–Crippen LogP) is 1.09. The summed E-state index contributed by atoms with van der Waals surface area (Å²) in [5.41, 5.74) is 0.585. The van der Waals surface area contributed by atoms with Crippen LogP contribution in [-0.2, 0) is 4.79 Å².